The summed E-state index contributed by atoms with van der Waals surface area (Å²) >= 11 is 9.32. The molecule has 0 atom stereocenters. The molecule has 1 aromatic carbocycles. The summed E-state index contributed by atoms with van der Waals surface area (Å²) in [6.45, 7) is 0.373. The monoisotopic (exact) mass is 389 g/mol. The number of carbonyl (C=O) groups excluding carboxylic acids is 1. The Morgan fingerprint density at radius 3 is 3.00 bits per heavy atom. The fraction of sp³-hybridized carbons (Fsp3) is 0.0588. The van der Waals surface area contributed by atoms with Crippen LogP contribution < -0.4 is 5.32 Å². The van der Waals surface area contributed by atoms with E-state index in [0.717, 1.165) is 21.4 Å². The summed E-state index contributed by atoms with van der Waals surface area (Å²) in [6, 6.07) is 11.2. The van der Waals surface area contributed by atoms with Crippen molar-refractivity contribution >= 4 is 45.2 Å². The summed E-state index contributed by atoms with van der Waals surface area (Å²) < 4.78 is 2.88. The number of imidazole rings is 1. The zero-order valence-corrected chi connectivity index (χ0v) is 14.4. The molecule has 0 spiro atoms. The molecule has 0 unspecified atom stereocenters. The van der Waals surface area contributed by atoms with E-state index < -0.39 is 0 Å². The van der Waals surface area contributed by atoms with Crippen molar-refractivity contribution < 1.29 is 4.79 Å². The summed E-state index contributed by atoms with van der Waals surface area (Å²) in [5.41, 5.74) is 2.52. The van der Waals surface area contributed by atoms with Crippen molar-refractivity contribution in [1.82, 2.24) is 14.7 Å². The summed E-state index contributed by atoms with van der Waals surface area (Å²) in [4.78, 5) is 16.3. The van der Waals surface area contributed by atoms with Gasteiger partial charge >= 0.3 is 0 Å². The molecule has 1 amide bonds. The van der Waals surface area contributed by atoms with Gasteiger partial charge in [0.25, 0.3) is 0 Å². The summed E-state index contributed by atoms with van der Waals surface area (Å²) in [6.07, 6.45) is 7.02. The second kappa shape index (κ2) is 6.98. The second-order valence-corrected chi connectivity index (χ2v) is 6.30. The Balaban J connectivity index is 1.61. The van der Waals surface area contributed by atoms with E-state index in [4.69, 9.17) is 11.6 Å². The Kier molecular flexibility index (Phi) is 4.79. The zero-order valence-electron chi connectivity index (χ0n) is 12.0. The van der Waals surface area contributed by atoms with Crippen molar-refractivity contribution in [2.75, 3.05) is 0 Å². The number of aromatic nitrogens is 2. The third kappa shape index (κ3) is 4.21. The van der Waals surface area contributed by atoms with Crippen LogP contribution in [0.15, 0.2) is 59.3 Å². The molecule has 23 heavy (non-hydrogen) atoms. The average Bonchev–Trinajstić information content (AvgIpc) is 2.93. The maximum absolute atomic E-state index is 11.9. The zero-order chi connectivity index (χ0) is 16.2. The number of nitrogens with zero attached hydrogens (tertiary/aromatic N) is 2. The van der Waals surface area contributed by atoms with Gasteiger partial charge in [0.2, 0.25) is 5.91 Å². The molecule has 116 valence electrons. The smallest absolute Gasteiger partial charge is 0.244 e. The molecule has 2 aromatic heterocycles. The Morgan fingerprint density at radius 1 is 1.30 bits per heavy atom. The van der Waals surface area contributed by atoms with Crippen LogP contribution in [-0.2, 0) is 11.3 Å². The van der Waals surface area contributed by atoms with E-state index in [1.165, 1.54) is 6.08 Å². The SMILES string of the molecule is O=C(/C=C/c1cccc(Cl)c1)NCc1cn2cc(Br)ccc2n1. The first-order valence-electron chi connectivity index (χ1n) is 6.95. The van der Waals surface area contributed by atoms with E-state index in [0.29, 0.717) is 11.6 Å². The van der Waals surface area contributed by atoms with Crippen LogP contribution in [0.2, 0.25) is 5.02 Å². The number of pyridine rings is 1. The Hall–Kier alpha value is -2.11. The lowest BCUT2D eigenvalue weighted by molar-refractivity contribution is -0.116. The first kappa shape index (κ1) is 15.8. The number of rotatable bonds is 4. The molecule has 0 saturated heterocycles. The summed E-state index contributed by atoms with van der Waals surface area (Å²) in [5, 5.41) is 3.46. The predicted octanol–water partition coefficient (Wildman–Crippen LogP) is 4.08. The van der Waals surface area contributed by atoms with Crippen molar-refractivity contribution in [2.45, 2.75) is 6.54 Å². The molecular weight excluding hydrogens is 378 g/mol. The Labute approximate surface area is 146 Å². The molecule has 1 N–H and O–H groups in total. The van der Waals surface area contributed by atoms with Gasteiger partial charge in [-0.2, -0.15) is 0 Å². The maximum atomic E-state index is 11.9. The van der Waals surface area contributed by atoms with Crippen LogP contribution in [0, 0.1) is 0 Å². The highest BCUT2D eigenvalue weighted by Crippen LogP contribution is 2.13. The lowest BCUT2D eigenvalue weighted by Gasteiger charge is -1.98. The van der Waals surface area contributed by atoms with Crippen molar-refractivity contribution in [3.05, 3.63) is 75.6 Å². The molecule has 0 fully saturated rings. The van der Waals surface area contributed by atoms with Crippen LogP contribution in [0.25, 0.3) is 11.7 Å². The van der Waals surface area contributed by atoms with Crippen LogP contribution >= 0.6 is 27.5 Å². The van der Waals surface area contributed by atoms with Gasteiger partial charge in [-0.1, -0.05) is 23.7 Å². The van der Waals surface area contributed by atoms with Crippen molar-refractivity contribution in [1.29, 1.82) is 0 Å². The molecular formula is C17H13BrClN3O. The topological polar surface area (TPSA) is 46.4 Å². The molecule has 6 heteroatoms. The lowest BCUT2D eigenvalue weighted by Crippen LogP contribution is -2.20. The van der Waals surface area contributed by atoms with Gasteiger partial charge < -0.3 is 9.72 Å². The minimum Gasteiger partial charge on any atom is -0.347 e. The van der Waals surface area contributed by atoms with Crippen LogP contribution in [-0.4, -0.2) is 15.3 Å². The number of hydrogen-bond acceptors (Lipinski definition) is 2. The van der Waals surface area contributed by atoms with Crippen molar-refractivity contribution in [2.24, 2.45) is 0 Å². The predicted molar refractivity (Wildman–Crippen MR) is 95.2 cm³/mol. The van der Waals surface area contributed by atoms with Crippen LogP contribution in [0.5, 0.6) is 0 Å². The van der Waals surface area contributed by atoms with Gasteiger partial charge in [0.15, 0.2) is 0 Å². The van der Waals surface area contributed by atoms with Gasteiger partial charge in [-0.15, -0.1) is 0 Å². The molecule has 0 bridgehead atoms. The van der Waals surface area contributed by atoms with Gasteiger partial charge in [0, 0.05) is 28.0 Å². The number of hydrogen-bond donors (Lipinski definition) is 1. The molecule has 4 nitrogen and oxygen atoms in total. The fourth-order valence-electron chi connectivity index (χ4n) is 2.12. The minimum absolute atomic E-state index is 0.178. The molecule has 2 heterocycles. The molecule has 3 rings (SSSR count). The molecule has 0 saturated carbocycles. The fourth-order valence-corrected chi connectivity index (χ4v) is 2.67. The number of amides is 1. The van der Waals surface area contributed by atoms with Gasteiger partial charge in [0.1, 0.15) is 5.65 Å². The normalized spacial score (nSPS) is 11.2. The molecule has 0 aliphatic carbocycles. The van der Waals surface area contributed by atoms with E-state index in [9.17, 15) is 4.79 Å². The highest BCUT2D eigenvalue weighted by atomic mass is 79.9. The van der Waals surface area contributed by atoms with Crippen LogP contribution in [0.3, 0.4) is 0 Å². The Bertz CT molecular complexity index is 888. The van der Waals surface area contributed by atoms with Gasteiger partial charge in [-0.25, -0.2) is 4.98 Å². The summed E-state index contributed by atoms with van der Waals surface area (Å²) in [5.74, 6) is -0.178. The minimum atomic E-state index is -0.178. The van der Waals surface area contributed by atoms with Gasteiger partial charge in [-0.05, 0) is 51.8 Å². The van der Waals surface area contributed by atoms with Crippen molar-refractivity contribution in [3.8, 4) is 0 Å². The largest absolute Gasteiger partial charge is 0.347 e. The van der Waals surface area contributed by atoms with E-state index in [2.05, 4.69) is 26.2 Å². The third-order valence-electron chi connectivity index (χ3n) is 3.18. The number of nitrogens with one attached hydrogen (secondary N) is 1. The lowest BCUT2D eigenvalue weighted by atomic mass is 10.2. The Morgan fingerprint density at radius 2 is 2.17 bits per heavy atom. The van der Waals surface area contributed by atoms with Gasteiger partial charge in [0.05, 0.1) is 12.2 Å². The summed E-state index contributed by atoms with van der Waals surface area (Å²) in [7, 11) is 0. The molecule has 0 aliphatic rings. The highest BCUT2D eigenvalue weighted by molar-refractivity contribution is 9.10. The standard InChI is InChI=1S/C17H13BrClN3O/c18-13-5-6-16-21-15(11-22(16)10-13)9-20-17(23)7-4-12-2-1-3-14(19)8-12/h1-8,10-11H,9H2,(H,20,23)/b7-4+. The average molecular weight is 391 g/mol. The van der Waals surface area contributed by atoms with E-state index in [1.807, 2.05) is 41.1 Å². The number of benzene rings is 1. The second-order valence-electron chi connectivity index (χ2n) is 4.95. The van der Waals surface area contributed by atoms with Crippen LogP contribution in [0.1, 0.15) is 11.3 Å². The molecule has 0 radical (unpaired) electrons. The van der Waals surface area contributed by atoms with E-state index in [-0.39, 0.29) is 5.91 Å². The first-order valence-corrected chi connectivity index (χ1v) is 8.12. The third-order valence-corrected chi connectivity index (χ3v) is 3.89. The quantitative estimate of drug-likeness (QED) is 0.682. The molecule has 3 aromatic rings. The van der Waals surface area contributed by atoms with Crippen LogP contribution in [0.4, 0.5) is 0 Å². The number of fused-ring (bicyclic) bond motifs is 1. The molecule has 0 aliphatic heterocycles. The number of halogens is 2. The van der Waals surface area contributed by atoms with E-state index >= 15 is 0 Å². The maximum Gasteiger partial charge on any atom is 0.244 e. The highest BCUT2D eigenvalue weighted by Gasteiger charge is 2.03. The number of carbonyl (C=O) groups is 1. The van der Waals surface area contributed by atoms with Gasteiger partial charge in [-0.3, -0.25) is 4.79 Å². The van der Waals surface area contributed by atoms with E-state index in [1.54, 1.807) is 18.2 Å². The van der Waals surface area contributed by atoms with Crippen molar-refractivity contribution in [3.63, 3.8) is 0 Å². The first-order chi connectivity index (χ1) is 11.1.